The zero-order chi connectivity index (χ0) is 15.4. The van der Waals surface area contributed by atoms with Gasteiger partial charge in [-0.2, -0.15) is 0 Å². The Kier molecular flexibility index (Phi) is 5.53. The van der Waals surface area contributed by atoms with E-state index in [4.69, 9.17) is 11.6 Å². The molecule has 1 aliphatic heterocycles. The molecule has 1 saturated heterocycles. The molecule has 0 aliphatic carbocycles. The van der Waals surface area contributed by atoms with Gasteiger partial charge in [-0.05, 0) is 24.3 Å². The van der Waals surface area contributed by atoms with Crippen molar-refractivity contribution < 1.29 is 9.80 Å². The second-order valence-corrected chi connectivity index (χ2v) is 7.46. The van der Waals surface area contributed by atoms with Crippen LogP contribution in [0.5, 0.6) is 0 Å². The lowest BCUT2D eigenvalue weighted by Gasteiger charge is -2.29. The first-order valence-electron chi connectivity index (χ1n) is 7.85. The first-order chi connectivity index (χ1) is 10.7. The topological polar surface area (TPSA) is 8.88 Å². The highest BCUT2D eigenvalue weighted by Crippen LogP contribution is 2.10. The van der Waals surface area contributed by atoms with Gasteiger partial charge in [-0.15, -0.1) is 0 Å². The van der Waals surface area contributed by atoms with Gasteiger partial charge in [-0.25, -0.2) is 0 Å². The Balaban J connectivity index is 1.49. The summed E-state index contributed by atoms with van der Waals surface area (Å²) in [4.78, 5) is 3.37. The SMILES string of the molecule is Clc1ccc(C[NH+]2CC[NH+](Cc3cccc(Br)c3)CC2)cc1. The standard InChI is InChI=1S/C18H20BrClN2/c19-17-3-1-2-16(12-17)14-22-10-8-21(9-11-22)13-15-4-6-18(20)7-5-15/h1-7,12H,8-11,13-14H2/p+2. The maximum absolute atomic E-state index is 5.95. The number of piperazine rings is 1. The molecule has 0 unspecified atom stereocenters. The molecule has 0 bridgehead atoms. The molecule has 0 atom stereocenters. The summed E-state index contributed by atoms with van der Waals surface area (Å²) >= 11 is 9.50. The van der Waals surface area contributed by atoms with E-state index in [0.717, 1.165) is 18.1 Å². The van der Waals surface area contributed by atoms with Crippen molar-refractivity contribution in [1.82, 2.24) is 0 Å². The Morgan fingerprint density at radius 2 is 1.41 bits per heavy atom. The van der Waals surface area contributed by atoms with E-state index in [9.17, 15) is 0 Å². The normalized spacial score (nSPS) is 21.7. The second kappa shape index (κ2) is 7.60. The summed E-state index contributed by atoms with van der Waals surface area (Å²) in [6, 6.07) is 17.0. The highest BCUT2D eigenvalue weighted by molar-refractivity contribution is 9.10. The maximum atomic E-state index is 5.95. The van der Waals surface area contributed by atoms with E-state index in [1.807, 2.05) is 12.1 Å². The fourth-order valence-corrected chi connectivity index (χ4v) is 3.71. The lowest BCUT2D eigenvalue weighted by atomic mass is 10.1. The van der Waals surface area contributed by atoms with E-state index in [-0.39, 0.29) is 0 Å². The summed E-state index contributed by atoms with van der Waals surface area (Å²) in [5, 5.41) is 0.821. The van der Waals surface area contributed by atoms with Crippen LogP contribution in [-0.4, -0.2) is 26.2 Å². The van der Waals surface area contributed by atoms with E-state index in [0.29, 0.717) is 0 Å². The minimum atomic E-state index is 0.821. The fraction of sp³-hybridized carbons (Fsp3) is 0.333. The van der Waals surface area contributed by atoms with Crippen LogP contribution in [0.2, 0.25) is 5.02 Å². The van der Waals surface area contributed by atoms with Crippen LogP contribution >= 0.6 is 27.5 Å². The molecule has 1 fully saturated rings. The van der Waals surface area contributed by atoms with Gasteiger partial charge >= 0.3 is 0 Å². The molecule has 3 rings (SSSR count). The van der Waals surface area contributed by atoms with Crippen molar-refractivity contribution in [2.45, 2.75) is 13.1 Å². The van der Waals surface area contributed by atoms with Gasteiger partial charge in [-0.3, -0.25) is 0 Å². The van der Waals surface area contributed by atoms with Crippen molar-refractivity contribution in [1.29, 1.82) is 0 Å². The number of hydrogen-bond donors (Lipinski definition) is 2. The van der Waals surface area contributed by atoms with Gasteiger partial charge in [0, 0.05) is 20.6 Å². The molecule has 4 heteroatoms. The highest BCUT2D eigenvalue weighted by atomic mass is 79.9. The monoisotopic (exact) mass is 380 g/mol. The summed E-state index contributed by atoms with van der Waals surface area (Å²) < 4.78 is 1.18. The third-order valence-corrected chi connectivity index (χ3v) is 5.12. The van der Waals surface area contributed by atoms with Crippen molar-refractivity contribution in [2.24, 2.45) is 0 Å². The summed E-state index contributed by atoms with van der Waals surface area (Å²) in [5.74, 6) is 0. The van der Waals surface area contributed by atoms with Crippen LogP contribution in [0.1, 0.15) is 11.1 Å². The van der Waals surface area contributed by atoms with E-state index >= 15 is 0 Å². The molecule has 2 N–H and O–H groups in total. The number of halogens is 2. The first kappa shape index (κ1) is 16.0. The Bertz CT molecular complexity index is 607. The quantitative estimate of drug-likeness (QED) is 0.796. The molecule has 22 heavy (non-hydrogen) atoms. The van der Waals surface area contributed by atoms with E-state index < -0.39 is 0 Å². The maximum Gasteiger partial charge on any atom is 0.127 e. The summed E-state index contributed by atoms with van der Waals surface area (Å²) in [5.41, 5.74) is 2.81. The fourth-order valence-electron chi connectivity index (χ4n) is 3.14. The van der Waals surface area contributed by atoms with E-state index in [1.54, 1.807) is 9.80 Å². The predicted molar refractivity (Wildman–Crippen MR) is 94.4 cm³/mol. The van der Waals surface area contributed by atoms with Crippen LogP contribution in [-0.2, 0) is 13.1 Å². The number of nitrogens with one attached hydrogen (secondary N) is 2. The van der Waals surface area contributed by atoms with E-state index in [2.05, 4.69) is 52.3 Å². The van der Waals surface area contributed by atoms with Crippen molar-refractivity contribution in [2.75, 3.05) is 26.2 Å². The Morgan fingerprint density at radius 3 is 2.00 bits per heavy atom. The van der Waals surface area contributed by atoms with Gasteiger partial charge in [0.2, 0.25) is 0 Å². The van der Waals surface area contributed by atoms with Gasteiger partial charge in [0.25, 0.3) is 0 Å². The molecule has 1 aliphatic rings. The molecular weight excluding hydrogens is 360 g/mol. The first-order valence-corrected chi connectivity index (χ1v) is 9.02. The van der Waals surface area contributed by atoms with Crippen LogP contribution < -0.4 is 9.80 Å². The minimum Gasteiger partial charge on any atom is -0.322 e. The van der Waals surface area contributed by atoms with Gasteiger partial charge in [0.1, 0.15) is 39.3 Å². The molecule has 2 aromatic rings. The van der Waals surface area contributed by atoms with Crippen molar-refractivity contribution >= 4 is 27.5 Å². The lowest BCUT2D eigenvalue weighted by molar-refractivity contribution is -1.02. The Hall–Kier alpha value is -0.870. The zero-order valence-electron chi connectivity index (χ0n) is 12.6. The molecule has 116 valence electrons. The lowest BCUT2D eigenvalue weighted by Crippen LogP contribution is -3.27. The third kappa shape index (κ3) is 4.56. The number of rotatable bonds is 4. The van der Waals surface area contributed by atoms with Crippen LogP contribution in [0.25, 0.3) is 0 Å². The largest absolute Gasteiger partial charge is 0.322 e. The zero-order valence-corrected chi connectivity index (χ0v) is 15.0. The minimum absolute atomic E-state index is 0.821. The predicted octanol–water partition coefficient (Wildman–Crippen LogP) is 1.59. The van der Waals surface area contributed by atoms with Crippen molar-refractivity contribution in [3.8, 4) is 0 Å². The Labute approximate surface area is 145 Å². The van der Waals surface area contributed by atoms with Crippen LogP contribution in [0.3, 0.4) is 0 Å². The molecule has 2 aromatic carbocycles. The van der Waals surface area contributed by atoms with Gasteiger partial charge in [0.05, 0.1) is 0 Å². The summed E-state index contributed by atoms with van der Waals surface area (Å²) in [6.45, 7) is 7.22. The molecule has 0 spiro atoms. The smallest absolute Gasteiger partial charge is 0.127 e. The third-order valence-electron chi connectivity index (χ3n) is 4.37. The summed E-state index contributed by atoms with van der Waals surface area (Å²) in [7, 11) is 0. The van der Waals surface area contributed by atoms with Gasteiger partial charge in [0.15, 0.2) is 0 Å². The second-order valence-electron chi connectivity index (χ2n) is 6.11. The molecule has 1 heterocycles. The van der Waals surface area contributed by atoms with Crippen LogP contribution in [0, 0.1) is 0 Å². The average Bonchev–Trinajstić information content (AvgIpc) is 2.52. The molecule has 0 aromatic heterocycles. The summed E-state index contributed by atoms with van der Waals surface area (Å²) in [6.07, 6.45) is 0. The van der Waals surface area contributed by atoms with Gasteiger partial charge < -0.3 is 9.80 Å². The molecule has 0 radical (unpaired) electrons. The van der Waals surface area contributed by atoms with Gasteiger partial charge in [-0.1, -0.05) is 51.8 Å². The molecular formula is C18H22BrClN2+2. The molecule has 0 amide bonds. The van der Waals surface area contributed by atoms with Crippen molar-refractivity contribution in [3.05, 3.63) is 69.2 Å². The number of quaternary nitrogens is 2. The van der Waals surface area contributed by atoms with Crippen LogP contribution in [0.4, 0.5) is 0 Å². The van der Waals surface area contributed by atoms with Crippen LogP contribution in [0.15, 0.2) is 53.0 Å². The average molecular weight is 382 g/mol. The van der Waals surface area contributed by atoms with E-state index in [1.165, 1.54) is 41.8 Å². The Morgan fingerprint density at radius 1 is 0.818 bits per heavy atom. The molecule has 0 saturated carbocycles. The molecule has 2 nitrogen and oxygen atoms in total. The number of benzene rings is 2. The van der Waals surface area contributed by atoms with Crippen molar-refractivity contribution in [3.63, 3.8) is 0 Å². The highest BCUT2D eigenvalue weighted by Gasteiger charge is 2.23. The number of hydrogen-bond acceptors (Lipinski definition) is 0.